The molecule has 0 fully saturated rings. The fraction of sp³-hybridized carbons (Fsp3) is 0. The molecule has 0 unspecified atom stereocenters. The Kier molecular flexibility index (Phi) is 2.76. The van der Waals surface area contributed by atoms with Crippen LogP contribution in [0.25, 0.3) is 33.6 Å². The van der Waals surface area contributed by atoms with Crippen molar-refractivity contribution in [3.63, 3.8) is 0 Å². The van der Waals surface area contributed by atoms with Crippen molar-refractivity contribution in [3.05, 3.63) is 85.5 Å². The summed E-state index contributed by atoms with van der Waals surface area (Å²) in [6.07, 6.45) is 8.02. The SMILES string of the molecule is c1ccc(-c2cn3cc(-n4ccc5cccnc54)ccc3n2)cc1. The molecule has 0 amide bonds. The number of benzene rings is 1. The van der Waals surface area contributed by atoms with Gasteiger partial charge in [0, 0.05) is 35.7 Å². The molecule has 114 valence electrons. The summed E-state index contributed by atoms with van der Waals surface area (Å²) in [6.45, 7) is 0. The summed E-state index contributed by atoms with van der Waals surface area (Å²) < 4.78 is 4.16. The predicted molar refractivity (Wildman–Crippen MR) is 95.3 cm³/mol. The number of pyridine rings is 2. The van der Waals surface area contributed by atoms with Crippen LogP contribution in [-0.2, 0) is 0 Å². The van der Waals surface area contributed by atoms with Crippen molar-refractivity contribution in [1.29, 1.82) is 0 Å². The van der Waals surface area contributed by atoms with E-state index in [1.54, 1.807) is 0 Å². The first-order valence-electron chi connectivity index (χ1n) is 7.85. The maximum Gasteiger partial charge on any atom is 0.144 e. The molecular formula is C20H14N4. The molecule has 0 aliphatic rings. The van der Waals surface area contributed by atoms with Gasteiger partial charge in [0.15, 0.2) is 0 Å². The van der Waals surface area contributed by atoms with Gasteiger partial charge in [-0.3, -0.25) is 4.57 Å². The zero-order valence-corrected chi connectivity index (χ0v) is 12.9. The summed E-state index contributed by atoms with van der Waals surface area (Å²) in [5.74, 6) is 0. The fourth-order valence-corrected chi connectivity index (χ4v) is 3.05. The van der Waals surface area contributed by atoms with Gasteiger partial charge in [0.25, 0.3) is 0 Å². The van der Waals surface area contributed by atoms with Crippen molar-refractivity contribution in [1.82, 2.24) is 18.9 Å². The highest BCUT2D eigenvalue weighted by atomic mass is 15.1. The van der Waals surface area contributed by atoms with Gasteiger partial charge in [-0.05, 0) is 30.3 Å². The van der Waals surface area contributed by atoms with E-state index in [2.05, 4.69) is 56.7 Å². The van der Waals surface area contributed by atoms with Crippen molar-refractivity contribution in [2.45, 2.75) is 0 Å². The Morgan fingerprint density at radius 1 is 0.792 bits per heavy atom. The predicted octanol–water partition coefficient (Wildman–Crippen LogP) is 4.34. The minimum atomic E-state index is 0.932. The van der Waals surface area contributed by atoms with E-state index in [0.29, 0.717) is 0 Å². The van der Waals surface area contributed by atoms with E-state index in [4.69, 9.17) is 4.98 Å². The van der Waals surface area contributed by atoms with E-state index in [9.17, 15) is 0 Å². The second kappa shape index (κ2) is 5.06. The standard InChI is InChI=1S/C20H14N4/c1-2-5-15(6-3-1)18-14-23-13-17(8-9-19(23)22-18)24-12-10-16-7-4-11-21-20(16)24/h1-14H. The molecule has 0 saturated heterocycles. The minimum Gasteiger partial charge on any atom is -0.304 e. The fourth-order valence-electron chi connectivity index (χ4n) is 3.05. The molecule has 0 N–H and O–H groups in total. The molecule has 0 radical (unpaired) electrons. The van der Waals surface area contributed by atoms with Gasteiger partial charge in [-0.1, -0.05) is 30.3 Å². The highest BCUT2D eigenvalue weighted by Crippen LogP contribution is 2.22. The molecule has 5 rings (SSSR count). The average molecular weight is 310 g/mol. The highest BCUT2D eigenvalue weighted by Gasteiger charge is 2.07. The second-order valence-electron chi connectivity index (χ2n) is 5.75. The van der Waals surface area contributed by atoms with Gasteiger partial charge in [0.05, 0.1) is 11.4 Å². The molecule has 5 aromatic rings. The maximum atomic E-state index is 4.71. The summed E-state index contributed by atoms with van der Waals surface area (Å²) >= 11 is 0. The quantitative estimate of drug-likeness (QED) is 0.486. The highest BCUT2D eigenvalue weighted by molar-refractivity contribution is 5.78. The first kappa shape index (κ1) is 13.1. The summed E-state index contributed by atoms with van der Waals surface area (Å²) in [7, 11) is 0. The average Bonchev–Trinajstić information content (AvgIpc) is 3.26. The van der Waals surface area contributed by atoms with Crippen molar-refractivity contribution in [2.75, 3.05) is 0 Å². The third-order valence-corrected chi connectivity index (χ3v) is 4.23. The van der Waals surface area contributed by atoms with E-state index in [0.717, 1.165) is 33.6 Å². The van der Waals surface area contributed by atoms with Crippen LogP contribution < -0.4 is 0 Å². The lowest BCUT2D eigenvalue weighted by molar-refractivity contribution is 1.05. The van der Waals surface area contributed by atoms with E-state index >= 15 is 0 Å². The number of nitrogens with zero attached hydrogens (tertiary/aromatic N) is 4. The van der Waals surface area contributed by atoms with Crippen LogP contribution in [0.4, 0.5) is 0 Å². The summed E-state index contributed by atoms with van der Waals surface area (Å²) in [5, 5.41) is 1.13. The van der Waals surface area contributed by atoms with Crippen molar-refractivity contribution in [3.8, 4) is 16.9 Å². The molecule has 0 bridgehead atoms. The van der Waals surface area contributed by atoms with Gasteiger partial charge in [-0.2, -0.15) is 0 Å². The van der Waals surface area contributed by atoms with E-state index in [1.165, 1.54) is 0 Å². The number of hydrogen-bond acceptors (Lipinski definition) is 2. The van der Waals surface area contributed by atoms with Crippen molar-refractivity contribution < 1.29 is 0 Å². The van der Waals surface area contributed by atoms with Crippen molar-refractivity contribution >= 4 is 16.7 Å². The Morgan fingerprint density at radius 3 is 2.62 bits per heavy atom. The number of aromatic nitrogens is 4. The van der Waals surface area contributed by atoms with Gasteiger partial charge in [0.2, 0.25) is 0 Å². The molecular weight excluding hydrogens is 296 g/mol. The van der Waals surface area contributed by atoms with Gasteiger partial charge >= 0.3 is 0 Å². The van der Waals surface area contributed by atoms with Gasteiger partial charge in [0.1, 0.15) is 11.3 Å². The molecule has 24 heavy (non-hydrogen) atoms. The number of imidazole rings is 1. The lowest BCUT2D eigenvalue weighted by Gasteiger charge is -2.05. The lowest BCUT2D eigenvalue weighted by Crippen LogP contribution is -1.95. The number of fused-ring (bicyclic) bond motifs is 2. The second-order valence-corrected chi connectivity index (χ2v) is 5.75. The summed E-state index contributed by atoms with van der Waals surface area (Å²) in [4.78, 5) is 9.19. The molecule has 0 atom stereocenters. The molecule has 4 aromatic heterocycles. The number of hydrogen-bond donors (Lipinski definition) is 0. The van der Waals surface area contributed by atoms with Crippen LogP contribution in [-0.4, -0.2) is 18.9 Å². The Bertz CT molecular complexity index is 1150. The number of rotatable bonds is 2. The Labute approximate surface area is 138 Å². The summed E-state index contributed by atoms with van der Waals surface area (Å²) in [5.41, 5.74) is 5.05. The summed E-state index contributed by atoms with van der Waals surface area (Å²) in [6, 6.07) is 20.4. The van der Waals surface area contributed by atoms with Gasteiger partial charge in [-0.25, -0.2) is 9.97 Å². The largest absolute Gasteiger partial charge is 0.304 e. The molecule has 1 aromatic carbocycles. The van der Waals surface area contributed by atoms with Crippen LogP contribution in [0, 0.1) is 0 Å². The van der Waals surface area contributed by atoms with E-state index in [1.807, 2.05) is 42.7 Å². The Morgan fingerprint density at radius 2 is 1.71 bits per heavy atom. The Balaban J connectivity index is 1.66. The van der Waals surface area contributed by atoms with Crippen molar-refractivity contribution in [2.24, 2.45) is 0 Å². The smallest absolute Gasteiger partial charge is 0.144 e. The third-order valence-electron chi connectivity index (χ3n) is 4.23. The van der Waals surface area contributed by atoms with Gasteiger partial charge in [-0.15, -0.1) is 0 Å². The first-order valence-corrected chi connectivity index (χ1v) is 7.85. The molecule has 4 nitrogen and oxygen atoms in total. The topological polar surface area (TPSA) is 35.1 Å². The first-order chi connectivity index (χ1) is 11.9. The normalized spacial score (nSPS) is 11.3. The molecule has 4 heteroatoms. The monoisotopic (exact) mass is 310 g/mol. The van der Waals surface area contributed by atoms with Crippen LogP contribution in [0.1, 0.15) is 0 Å². The molecule has 0 aliphatic carbocycles. The van der Waals surface area contributed by atoms with Crippen LogP contribution in [0.3, 0.4) is 0 Å². The van der Waals surface area contributed by atoms with E-state index in [-0.39, 0.29) is 0 Å². The molecule has 4 heterocycles. The van der Waals surface area contributed by atoms with E-state index < -0.39 is 0 Å². The lowest BCUT2D eigenvalue weighted by atomic mass is 10.2. The molecule has 0 spiro atoms. The van der Waals surface area contributed by atoms with Crippen LogP contribution in [0.5, 0.6) is 0 Å². The van der Waals surface area contributed by atoms with Crippen LogP contribution >= 0.6 is 0 Å². The zero-order chi connectivity index (χ0) is 15.9. The molecule has 0 aliphatic heterocycles. The van der Waals surface area contributed by atoms with Crippen LogP contribution in [0.2, 0.25) is 0 Å². The zero-order valence-electron chi connectivity index (χ0n) is 12.9. The van der Waals surface area contributed by atoms with Gasteiger partial charge < -0.3 is 4.40 Å². The maximum absolute atomic E-state index is 4.71. The van der Waals surface area contributed by atoms with Crippen LogP contribution in [0.15, 0.2) is 85.5 Å². The molecule has 0 saturated carbocycles. The third kappa shape index (κ3) is 2.01. The Hall–Kier alpha value is -3.40. The minimum absolute atomic E-state index is 0.932.